The van der Waals surface area contributed by atoms with E-state index in [9.17, 15) is 9.50 Å². The van der Waals surface area contributed by atoms with Crippen molar-refractivity contribution in [3.05, 3.63) is 63.4 Å². The van der Waals surface area contributed by atoms with E-state index in [1.807, 2.05) is 0 Å². The smallest absolute Gasteiger partial charge is 0.168 e. The minimum absolute atomic E-state index is 0.171. The van der Waals surface area contributed by atoms with Crippen LogP contribution in [0.3, 0.4) is 0 Å². The van der Waals surface area contributed by atoms with Crippen molar-refractivity contribution in [2.75, 3.05) is 7.11 Å². The van der Waals surface area contributed by atoms with Crippen LogP contribution in [0.2, 0.25) is 10.0 Å². The van der Waals surface area contributed by atoms with Gasteiger partial charge >= 0.3 is 0 Å². The molecule has 0 bridgehead atoms. The van der Waals surface area contributed by atoms with Gasteiger partial charge in [-0.1, -0.05) is 41.4 Å². The highest BCUT2D eigenvalue weighted by molar-refractivity contribution is 6.35. The van der Waals surface area contributed by atoms with Crippen molar-refractivity contribution in [3.63, 3.8) is 0 Å². The molecule has 0 aliphatic rings. The highest BCUT2D eigenvalue weighted by Crippen LogP contribution is 2.24. The standard InChI is InChI=1S/C16H15Cl2FO2/c1-21-15-4-2-3-11(16(15)19)8-13(20)7-10-5-6-12(17)9-14(10)18/h2-6,9,13,20H,7-8H2,1H3. The van der Waals surface area contributed by atoms with Gasteiger partial charge in [0, 0.05) is 22.9 Å². The quantitative estimate of drug-likeness (QED) is 0.887. The summed E-state index contributed by atoms with van der Waals surface area (Å²) in [5, 5.41) is 11.2. The molecule has 112 valence electrons. The monoisotopic (exact) mass is 328 g/mol. The number of methoxy groups -OCH3 is 1. The zero-order valence-electron chi connectivity index (χ0n) is 11.4. The molecule has 1 unspecified atom stereocenters. The summed E-state index contributed by atoms with van der Waals surface area (Å²) in [6, 6.07) is 9.96. The first-order valence-corrected chi connectivity index (χ1v) is 7.20. The first-order chi connectivity index (χ1) is 10.0. The topological polar surface area (TPSA) is 29.5 Å². The van der Waals surface area contributed by atoms with Crippen LogP contribution in [0.1, 0.15) is 11.1 Å². The molecule has 2 aromatic carbocycles. The molecule has 0 aliphatic carbocycles. The van der Waals surface area contributed by atoms with Gasteiger partial charge in [0.25, 0.3) is 0 Å². The Morgan fingerprint density at radius 2 is 1.86 bits per heavy atom. The molecule has 2 rings (SSSR count). The second-order valence-corrected chi connectivity index (χ2v) is 5.57. The average Bonchev–Trinajstić information content (AvgIpc) is 2.44. The summed E-state index contributed by atoms with van der Waals surface area (Å²) in [4.78, 5) is 0. The molecule has 0 heterocycles. The summed E-state index contributed by atoms with van der Waals surface area (Å²) in [5.74, 6) is -0.273. The molecular formula is C16H15Cl2FO2. The molecule has 1 N–H and O–H groups in total. The molecule has 2 aromatic rings. The predicted octanol–water partition coefficient (Wildman–Crippen LogP) is 4.29. The van der Waals surface area contributed by atoms with Crippen molar-refractivity contribution < 1.29 is 14.2 Å². The van der Waals surface area contributed by atoms with Crippen LogP contribution < -0.4 is 4.74 Å². The molecular weight excluding hydrogens is 314 g/mol. The predicted molar refractivity (Wildman–Crippen MR) is 82.8 cm³/mol. The Hall–Kier alpha value is -1.29. The average molecular weight is 329 g/mol. The first-order valence-electron chi connectivity index (χ1n) is 6.44. The third-order valence-electron chi connectivity index (χ3n) is 3.19. The lowest BCUT2D eigenvalue weighted by atomic mass is 10.0. The van der Waals surface area contributed by atoms with E-state index in [-0.39, 0.29) is 12.2 Å². The summed E-state index contributed by atoms with van der Waals surface area (Å²) in [5.41, 5.74) is 1.18. The van der Waals surface area contributed by atoms with Crippen molar-refractivity contribution in [2.45, 2.75) is 18.9 Å². The second kappa shape index (κ2) is 7.12. The SMILES string of the molecule is COc1cccc(CC(O)Cc2ccc(Cl)cc2Cl)c1F. The third kappa shape index (κ3) is 4.10. The lowest BCUT2D eigenvalue weighted by molar-refractivity contribution is 0.174. The lowest BCUT2D eigenvalue weighted by Crippen LogP contribution is -2.15. The van der Waals surface area contributed by atoms with Crippen LogP contribution in [0.15, 0.2) is 36.4 Å². The van der Waals surface area contributed by atoms with E-state index in [0.29, 0.717) is 22.0 Å². The fourth-order valence-electron chi connectivity index (χ4n) is 2.14. The van der Waals surface area contributed by atoms with Gasteiger partial charge in [0.2, 0.25) is 0 Å². The Labute approximate surface area is 133 Å². The van der Waals surface area contributed by atoms with Crippen LogP contribution in [-0.4, -0.2) is 18.3 Å². The van der Waals surface area contributed by atoms with Crippen LogP contribution in [0, 0.1) is 5.82 Å². The fourth-order valence-corrected chi connectivity index (χ4v) is 2.62. The maximum Gasteiger partial charge on any atom is 0.168 e. The van der Waals surface area contributed by atoms with E-state index in [0.717, 1.165) is 5.56 Å². The van der Waals surface area contributed by atoms with Crippen molar-refractivity contribution in [3.8, 4) is 5.75 Å². The lowest BCUT2D eigenvalue weighted by Gasteiger charge is -2.13. The molecule has 0 radical (unpaired) electrons. The molecule has 0 fully saturated rings. The van der Waals surface area contributed by atoms with Gasteiger partial charge in [-0.15, -0.1) is 0 Å². The van der Waals surface area contributed by atoms with E-state index < -0.39 is 11.9 Å². The van der Waals surface area contributed by atoms with Gasteiger partial charge in [0.05, 0.1) is 13.2 Å². The minimum Gasteiger partial charge on any atom is -0.494 e. The maximum absolute atomic E-state index is 14.0. The van der Waals surface area contributed by atoms with Gasteiger partial charge in [-0.2, -0.15) is 0 Å². The van der Waals surface area contributed by atoms with E-state index in [2.05, 4.69) is 0 Å². The molecule has 0 amide bonds. The van der Waals surface area contributed by atoms with Gasteiger partial charge in [-0.05, 0) is 29.3 Å². The molecule has 21 heavy (non-hydrogen) atoms. The van der Waals surface area contributed by atoms with Crippen molar-refractivity contribution in [1.82, 2.24) is 0 Å². The zero-order chi connectivity index (χ0) is 15.4. The Morgan fingerprint density at radius 3 is 2.52 bits per heavy atom. The first kappa shape index (κ1) is 16.1. The van der Waals surface area contributed by atoms with E-state index in [4.69, 9.17) is 27.9 Å². The third-order valence-corrected chi connectivity index (χ3v) is 3.78. The van der Waals surface area contributed by atoms with E-state index in [1.54, 1.807) is 36.4 Å². The highest BCUT2D eigenvalue weighted by Gasteiger charge is 2.14. The van der Waals surface area contributed by atoms with Crippen molar-refractivity contribution in [1.29, 1.82) is 0 Å². The zero-order valence-corrected chi connectivity index (χ0v) is 13.0. The van der Waals surface area contributed by atoms with Gasteiger partial charge < -0.3 is 9.84 Å². The van der Waals surface area contributed by atoms with Crippen LogP contribution >= 0.6 is 23.2 Å². The summed E-state index contributed by atoms with van der Waals surface area (Å²) in [6.07, 6.45) is -0.237. The van der Waals surface area contributed by atoms with E-state index in [1.165, 1.54) is 7.11 Å². The Kier molecular flexibility index (Phi) is 5.45. The number of aliphatic hydroxyl groups excluding tert-OH is 1. The number of hydrogen-bond donors (Lipinski definition) is 1. The highest BCUT2D eigenvalue weighted by atomic mass is 35.5. The van der Waals surface area contributed by atoms with Gasteiger partial charge in [0.15, 0.2) is 11.6 Å². The van der Waals surface area contributed by atoms with Crippen LogP contribution in [0.25, 0.3) is 0 Å². The van der Waals surface area contributed by atoms with Crippen molar-refractivity contribution >= 4 is 23.2 Å². The number of aliphatic hydroxyl groups is 1. The van der Waals surface area contributed by atoms with Gasteiger partial charge in [-0.25, -0.2) is 4.39 Å². The molecule has 1 atom stereocenters. The molecule has 0 aromatic heterocycles. The molecule has 2 nitrogen and oxygen atoms in total. The maximum atomic E-state index is 14.0. The summed E-state index contributed by atoms with van der Waals surface area (Å²) >= 11 is 11.9. The summed E-state index contributed by atoms with van der Waals surface area (Å²) < 4.78 is 18.9. The van der Waals surface area contributed by atoms with Crippen LogP contribution in [-0.2, 0) is 12.8 Å². The molecule has 5 heteroatoms. The Bertz CT molecular complexity index is 632. The number of benzene rings is 2. The van der Waals surface area contributed by atoms with E-state index >= 15 is 0 Å². The Balaban J connectivity index is 2.10. The molecule has 0 saturated heterocycles. The Morgan fingerprint density at radius 1 is 1.14 bits per heavy atom. The van der Waals surface area contributed by atoms with Gasteiger partial charge in [-0.3, -0.25) is 0 Å². The minimum atomic E-state index is -0.745. The fraction of sp³-hybridized carbons (Fsp3) is 0.250. The van der Waals surface area contributed by atoms with Crippen LogP contribution in [0.4, 0.5) is 4.39 Å². The van der Waals surface area contributed by atoms with Gasteiger partial charge in [0.1, 0.15) is 0 Å². The molecule has 0 spiro atoms. The number of rotatable bonds is 5. The number of hydrogen-bond acceptors (Lipinski definition) is 2. The molecule has 0 aliphatic heterocycles. The van der Waals surface area contributed by atoms with Crippen LogP contribution in [0.5, 0.6) is 5.75 Å². The largest absolute Gasteiger partial charge is 0.494 e. The molecule has 0 saturated carbocycles. The second-order valence-electron chi connectivity index (χ2n) is 4.73. The summed E-state index contributed by atoms with van der Waals surface area (Å²) in [6.45, 7) is 0. The summed E-state index contributed by atoms with van der Waals surface area (Å²) in [7, 11) is 1.41. The number of ether oxygens (including phenoxy) is 1. The number of halogens is 3. The van der Waals surface area contributed by atoms with Crippen molar-refractivity contribution in [2.24, 2.45) is 0 Å². The normalized spacial score (nSPS) is 12.2.